The lowest BCUT2D eigenvalue weighted by molar-refractivity contribution is 0.136. The van der Waals surface area contributed by atoms with Crippen LogP contribution in [0.2, 0.25) is 0 Å². The van der Waals surface area contributed by atoms with Crippen LogP contribution >= 0.6 is 0 Å². The number of benzene rings is 1. The number of fused-ring (bicyclic) bond motifs is 1. The molecule has 3 atom stereocenters. The second kappa shape index (κ2) is 6.02. The van der Waals surface area contributed by atoms with Crippen molar-refractivity contribution >= 4 is 0 Å². The molecule has 0 aromatic heterocycles. The predicted molar refractivity (Wildman–Crippen MR) is 77.2 cm³/mol. The molecule has 20 heavy (non-hydrogen) atoms. The van der Waals surface area contributed by atoms with Gasteiger partial charge in [-0.1, -0.05) is 13.0 Å². The summed E-state index contributed by atoms with van der Waals surface area (Å²) in [4.78, 5) is 0. The van der Waals surface area contributed by atoms with E-state index in [-0.39, 0.29) is 0 Å². The lowest BCUT2D eigenvalue weighted by Crippen LogP contribution is -2.38. The van der Waals surface area contributed by atoms with Gasteiger partial charge in [-0.05, 0) is 49.4 Å². The van der Waals surface area contributed by atoms with Crippen molar-refractivity contribution in [3.05, 3.63) is 23.8 Å². The molecule has 2 aliphatic heterocycles. The molecule has 1 saturated heterocycles. The van der Waals surface area contributed by atoms with Crippen LogP contribution in [0.15, 0.2) is 18.2 Å². The molecule has 4 nitrogen and oxygen atoms in total. The quantitative estimate of drug-likeness (QED) is 0.890. The maximum Gasteiger partial charge on any atom is 0.161 e. The standard InChI is InChI=1S/C16H23NO3/c1-11-4-5-17-13(8-11)10-14(18)12-2-3-15-16(9-12)20-7-6-19-15/h2-3,9,11,13-14,17-18H,4-8,10H2,1H3. The molecule has 4 heteroatoms. The monoisotopic (exact) mass is 277 g/mol. The van der Waals surface area contributed by atoms with Crippen LogP contribution in [0, 0.1) is 5.92 Å². The second-order valence-corrected chi connectivity index (χ2v) is 5.94. The molecule has 2 N–H and O–H groups in total. The van der Waals surface area contributed by atoms with Crippen LogP contribution in [0.25, 0.3) is 0 Å². The van der Waals surface area contributed by atoms with Gasteiger partial charge >= 0.3 is 0 Å². The van der Waals surface area contributed by atoms with Crippen LogP contribution in [0.1, 0.15) is 37.9 Å². The average molecular weight is 277 g/mol. The minimum absolute atomic E-state index is 0.405. The van der Waals surface area contributed by atoms with Gasteiger partial charge in [-0.25, -0.2) is 0 Å². The summed E-state index contributed by atoms with van der Waals surface area (Å²) in [5.41, 5.74) is 0.911. The fourth-order valence-corrected chi connectivity index (χ4v) is 3.07. The molecule has 0 radical (unpaired) electrons. The smallest absolute Gasteiger partial charge is 0.161 e. The summed E-state index contributed by atoms with van der Waals surface area (Å²) in [6.07, 6.45) is 2.68. The normalized spacial score (nSPS) is 27.1. The van der Waals surface area contributed by atoms with E-state index in [0.717, 1.165) is 42.4 Å². The van der Waals surface area contributed by atoms with Crippen molar-refractivity contribution in [1.82, 2.24) is 5.32 Å². The van der Waals surface area contributed by atoms with Crippen molar-refractivity contribution in [2.75, 3.05) is 19.8 Å². The Kier molecular flexibility index (Phi) is 4.13. The summed E-state index contributed by atoms with van der Waals surface area (Å²) in [5.74, 6) is 2.27. The van der Waals surface area contributed by atoms with E-state index in [0.29, 0.717) is 19.3 Å². The number of nitrogens with one attached hydrogen (secondary N) is 1. The molecule has 0 aliphatic carbocycles. The van der Waals surface area contributed by atoms with Gasteiger partial charge in [-0.3, -0.25) is 0 Å². The van der Waals surface area contributed by atoms with E-state index >= 15 is 0 Å². The summed E-state index contributed by atoms with van der Waals surface area (Å²) < 4.78 is 11.1. The maximum absolute atomic E-state index is 10.4. The Morgan fingerprint density at radius 2 is 2.10 bits per heavy atom. The average Bonchev–Trinajstić information content (AvgIpc) is 2.47. The summed E-state index contributed by atoms with van der Waals surface area (Å²) >= 11 is 0. The first-order valence-corrected chi connectivity index (χ1v) is 7.53. The van der Waals surface area contributed by atoms with E-state index in [9.17, 15) is 5.11 Å². The number of rotatable bonds is 3. The highest BCUT2D eigenvalue weighted by Gasteiger charge is 2.22. The number of piperidine rings is 1. The molecule has 1 aromatic carbocycles. The Bertz CT molecular complexity index is 463. The third-order valence-corrected chi connectivity index (χ3v) is 4.22. The zero-order chi connectivity index (χ0) is 13.9. The first-order valence-electron chi connectivity index (χ1n) is 7.53. The van der Waals surface area contributed by atoms with E-state index in [2.05, 4.69) is 12.2 Å². The van der Waals surface area contributed by atoms with Crippen LogP contribution < -0.4 is 14.8 Å². The van der Waals surface area contributed by atoms with Crippen molar-refractivity contribution in [2.24, 2.45) is 5.92 Å². The topological polar surface area (TPSA) is 50.7 Å². The summed E-state index contributed by atoms with van der Waals surface area (Å²) in [5, 5.41) is 13.9. The molecular weight excluding hydrogens is 254 g/mol. The van der Waals surface area contributed by atoms with Gasteiger partial charge in [0, 0.05) is 6.04 Å². The van der Waals surface area contributed by atoms with E-state index < -0.39 is 6.10 Å². The number of hydrogen-bond acceptors (Lipinski definition) is 4. The zero-order valence-corrected chi connectivity index (χ0v) is 12.0. The van der Waals surface area contributed by atoms with Gasteiger partial charge in [0.1, 0.15) is 13.2 Å². The number of hydrogen-bond donors (Lipinski definition) is 2. The maximum atomic E-state index is 10.4. The van der Waals surface area contributed by atoms with Crippen LogP contribution in [-0.2, 0) is 0 Å². The molecule has 110 valence electrons. The molecular formula is C16H23NO3. The minimum Gasteiger partial charge on any atom is -0.486 e. The number of aliphatic hydroxyl groups is 1. The molecule has 2 heterocycles. The van der Waals surface area contributed by atoms with Crippen molar-refractivity contribution in [3.8, 4) is 11.5 Å². The highest BCUT2D eigenvalue weighted by Crippen LogP contribution is 2.34. The van der Waals surface area contributed by atoms with Crippen LogP contribution in [-0.4, -0.2) is 30.9 Å². The highest BCUT2D eigenvalue weighted by molar-refractivity contribution is 5.44. The van der Waals surface area contributed by atoms with Gasteiger partial charge in [-0.15, -0.1) is 0 Å². The Morgan fingerprint density at radius 3 is 2.90 bits per heavy atom. The third-order valence-electron chi connectivity index (χ3n) is 4.22. The molecule has 3 unspecified atom stereocenters. The Balaban J connectivity index is 1.66. The van der Waals surface area contributed by atoms with Gasteiger partial charge in [0.2, 0.25) is 0 Å². The second-order valence-electron chi connectivity index (χ2n) is 5.94. The van der Waals surface area contributed by atoms with E-state index in [1.165, 1.54) is 6.42 Å². The van der Waals surface area contributed by atoms with Crippen molar-refractivity contribution < 1.29 is 14.6 Å². The third kappa shape index (κ3) is 3.07. The molecule has 1 fully saturated rings. The molecule has 0 saturated carbocycles. The molecule has 2 aliphatic rings. The molecule has 3 rings (SSSR count). The summed E-state index contributed by atoms with van der Waals surface area (Å²) in [7, 11) is 0. The van der Waals surface area contributed by atoms with Crippen LogP contribution in [0.3, 0.4) is 0 Å². The molecule has 1 aromatic rings. The molecule has 0 bridgehead atoms. The van der Waals surface area contributed by atoms with E-state index in [1.807, 2.05) is 18.2 Å². The number of ether oxygens (including phenoxy) is 2. The van der Waals surface area contributed by atoms with E-state index in [4.69, 9.17) is 9.47 Å². The lowest BCUT2D eigenvalue weighted by Gasteiger charge is -2.30. The fraction of sp³-hybridized carbons (Fsp3) is 0.625. The lowest BCUT2D eigenvalue weighted by atomic mass is 9.90. The number of aliphatic hydroxyl groups excluding tert-OH is 1. The fourth-order valence-electron chi connectivity index (χ4n) is 3.07. The van der Waals surface area contributed by atoms with Gasteiger partial charge < -0.3 is 19.9 Å². The van der Waals surface area contributed by atoms with Crippen molar-refractivity contribution in [3.63, 3.8) is 0 Å². The van der Waals surface area contributed by atoms with E-state index in [1.54, 1.807) is 0 Å². The summed E-state index contributed by atoms with van der Waals surface area (Å²) in [6.45, 7) is 4.51. The van der Waals surface area contributed by atoms with Gasteiger partial charge in [0.15, 0.2) is 11.5 Å². The van der Waals surface area contributed by atoms with Gasteiger partial charge in [-0.2, -0.15) is 0 Å². The Hall–Kier alpha value is -1.26. The Labute approximate surface area is 120 Å². The Morgan fingerprint density at radius 1 is 1.30 bits per heavy atom. The first kappa shape index (κ1) is 13.7. The van der Waals surface area contributed by atoms with Gasteiger partial charge in [0.25, 0.3) is 0 Å². The SMILES string of the molecule is CC1CCNC(CC(O)c2ccc3c(c2)OCCO3)C1. The molecule has 0 spiro atoms. The highest BCUT2D eigenvalue weighted by atomic mass is 16.6. The van der Waals surface area contributed by atoms with Crippen LogP contribution in [0.5, 0.6) is 11.5 Å². The van der Waals surface area contributed by atoms with Crippen molar-refractivity contribution in [2.45, 2.75) is 38.3 Å². The van der Waals surface area contributed by atoms with Crippen molar-refractivity contribution in [1.29, 1.82) is 0 Å². The predicted octanol–water partition coefficient (Wildman–Crippen LogP) is 2.27. The largest absolute Gasteiger partial charge is 0.486 e. The first-order chi connectivity index (χ1) is 9.72. The van der Waals surface area contributed by atoms with Gasteiger partial charge in [0.05, 0.1) is 6.10 Å². The summed E-state index contributed by atoms with van der Waals surface area (Å²) in [6, 6.07) is 6.14. The molecule has 0 amide bonds. The van der Waals surface area contributed by atoms with Crippen LogP contribution in [0.4, 0.5) is 0 Å². The minimum atomic E-state index is -0.450. The zero-order valence-electron chi connectivity index (χ0n) is 12.0.